The predicted molar refractivity (Wildman–Crippen MR) is 95.3 cm³/mol. The zero-order chi connectivity index (χ0) is 18.2. The van der Waals surface area contributed by atoms with Gasteiger partial charge in [-0.15, -0.1) is 0 Å². The summed E-state index contributed by atoms with van der Waals surface area (Å²) in [5.74, 6) is 0. The van der Waals surface area contributed by atoms with E-state index in [0.717, 1.165) is 25.1 Å². The highest BCUT2D eigenvalue weighted by Gasteiger charge is 2.43. The zero-order valence-electron chi connectivity index (χ0n) is 14.5. The van der Waals surface area contributed by atoms with E-state index in [1.54, 1.807) is 16.8 Å². The van der Waals surface area contributed by atoms with Crippen LogP contribution in [0, 0.1) is 0 Å². The Morgan fingerprint density at radius 2 is 1.71 bits per heavy atom. The first-order chi connectivity index (χ1) is 11.1. The average molecular weight is 378 g/mol. The summed E-state index contributed by atoms with van der Waals surface area (Å²) in [5, 5.41) is -1.57. The monoisotopic (exact) mass is 378 g/mol. The van der Waals surface area contributed by atoms with Crippen molar-refractivity contribution in [2.75, 3.05) is 6.66 Å². The summed E-state index contributed by atoms with van der Waals surface area (Å²) in [6.45, 7) is 3.02. The molecule has 0 aliphatic carbocycles. The molecule has 0 spiro atoms. The van der Waals surface area contributed by atoms with Gasteiger partial charge in [-0.05, 0) is 18.9 Å². The van der Waals surface area contributed by atoms with Crippen molar-refractivity contribution < 1.29 is 28.4 Å². The van der Waals surface area contributed by atoms with Crippen LogP contribution in [-0.2, 0) is 22.1 Å². The van der Waals surface area contributed by atoms with Crippen LogP contribution in [0.1, 0.15) is 51.0 Å². The number of pyridine rings is 1. The molecule has 1 aromatic rings. The van der Waals surface area contributed by atoms with E-state index in [1.165, 1.54) is 32.1 Å². The summed E-state index contributed by atoms with van der Waals surface area (Å²) < 4.78 is 24.9. The molecule has 0 aliphatic rings. The van der Waals surface area contributed by atoms with Gasteiger partial charge in [0.1, 0.15) is 0 Å². The topological polar surface area (TPSA) is 98.7 Å². The molecule has 0 radical (unpaired) electrons. The van der Waals surface area contributed by atoms with Crippen molar-refractivity contribution in [2.45, 2.75) is 63.8 Å². The third-order valence-corrected chi connectivity index (χ3v) is 8.45. The van der Waals surface area contributed by atoms with Crippen LogP contribution in [-0.4, -0.2) is 26.7 Å². The van der Waals surface area contributed by atoms with Crippen LogP contribution in [0.3, 0.4) is 0 Å². The highest BCUT2D eigenvalue weighted by Crippen LogP contribution is 2.60. The number of nitrogens with zero attached hydrogens (tertiary/aromatic N) is 1. The van der Waals surface area contributed by atoms with Gasteiger partial charge in [-0.2, -0.15) is 0 Å². The van der Waals surface area contributed by atoms with E-state index < -0.39 is 20.4 Å². The second kappa shape index (κ2) is 9.84. The second-order valence-electron chi connectivity index (χ2n) is 6.44. The molecule has 0 aliphatic heterocycles. The van der Waals surface area contributed by atoms with Crippen LogP contribution in [0.4, 0.5) is 0 Å². The summed E-state index contributed by atoms with van der Waals surface area (Å²) in [5.41, 5.74) is 1.07. The van der Waals surface area contributed by atoms with Gasteiger partial charge in [-0.25, -0.2) is 4.57 Å². The van der Waals surface area contributed by atoms with Gasteiger partial charge in [0.2, 0.25) is 7.37 Å². The van der Waals surface area contributed by atoms with E-state index in [2.05, 4.69) is 6.92 Å². The first-order valence-electron chi connectivity index (χ1n) is 8.47. The standard InChI is InChI=1S/C16H29NO5P2/c1-3-4-5-6-7-8-10-15-11-9-12-17(13-15)14-16(23(2,18)19)24(20,21)22/h9,11-13,16H,3-8,10,14H2,1-2H3,(H2-,18,19,20,21,22)/p+1. The van der Waals surface area contributed by atoms with E-state index in [-0.39, 0.29) is 6.54 Å². The largest absolute Gasteiger partial charge is 0.344 e. The van der Waals surface area contributed by atoms with E-state index in [1.807, 2.05) is 12.3 Å². The Bertz CT molecular complexity index is 574. The van der Waals surface area contributed by atoms with Gasteiger partial charge in [0.05, 0.1) is 0 Å². The molecule has 0 aromatic carbocycles. The van der Waals surface area contributed by atoms with Gasteiger partial charge in [-0.1, -0.05) is 39.0 Å². The molecule has 0 amide bonds. The number of hydrogen-bond acceptors (Lipinski definition) is 2. The lowest BCUT2D eigenvalue weighted by Gasteiger charge is -2.18. The zero-order valence-corrected chi connectivity index (χ0v) is 16.3. The van der Waals surface area contributed by atoms with Crippen molar-refractivity contribution in [3.8, 4) is 0 Å². The van der Waals surface area contributed by atoms with Gasteiger partial charge in [0.25, 0.3) is 0 Å². The molecule has 24 heavy (non-hydrogen) atoms. The van der Waals surface area contributed by atoms with Crippen molar-refractivity contribution in [1.29, 1.82) is 0 Å². The molecule has 1 rings (SSSR count). The third kappa shape index (κ3) is 8.04. The van der Waals surface area contributed by atoms with Crippen LogP contribution < -0.4 is 4.57 Å². The molecule has 0 saturated heterocycles. The highest BCUT2D eigenvalue weighted by molar-refractivity contribution is 7.73. The summed E-state index contributed by atoms with van der Waals surface area (Å²) in [6.07, 6.45) is 11.6. The molecule has 0 saturated carbocycles. The number of aromatic nitrogens is 1. The maximum absolute atomic E-state index is 11.8. The van der Waals surface area contributed by atoms with Crippen LogP contribution in [0.5, 0.6) is 0 Å². The van der Waals surface area contributed by atoms with Crippen LogP contribution in [0.25, 0.3) is 0 Å². The molecule has 1 aromatic heterocycles. The van der Waals surface area contributed by atoms with Crippen molar-refractivity contribution in [1.82, 2.24) is 0 Å². The first-order valence-corrected chi connectivity index (χ1v) is 12.3. The maximum Gasteiger partial charge on any atom is 0.344 e. The Hall–Kier alpha value is -0.510. The Balaban J connectivity index is 2.64. The van der Waals surface area contributed by atoms with Crippen LogP contribution in [0.15, 0.2) is 24.5 Å². The fraction of sp³-hybridized carbons (Fsp3) is 0.688. The maximum atomic E-state index is 11.8. The summed E-state index contributed by atoms with van der Waals surface area (Å²) in [6, 6.07) is 3.78. The minimum absolute atomic E-state index is 0.168. The molecular weight excluding hydrogens is 348 g/mol. The minimum atomic E-state index is -4.65. The van der Waals surface area contributed by atoms with E-state index in [4.69, 9.17) is 0 Å². The summed E-state index contributed by atoms with van der Waals surface area (Å²) in [7, 11) is -8.55. The smallest absolute Gasteiger partial charge is 0.344 e. The molecule has 1 heterocycles. The quantitative estimate of drug-likeness (QED) is 0.312. The molecular formula is C16H30NO5P2+. The molecule has 2 atom stereocenters. The molecule has 0 bridgehead atoms. The lowest BCUT2D eigenvalue weighted by atomic mass is 10.1. The highest BCUT2D eigenvalue weighted by atomic mass is 31.2. The van der Waals surface area contributed by atoms with Crippen molar-refractivity contribution in [2.24, 2.45) is 0 Å². The second-order valence-corrected chi connectivity index (χ2v) is 11.2. The van der Waals surface area contributed by atoms with Crippen LogP contribution >= 0.6 is 15.0 Å². The fourth-order valence-electron chi connectivity index (χ4n) is 2.67. The summed E-state index contributed by atoms with van der Waals surface area (Å²) in [4.78, 5) is 28.3. The number of unbranched alkanes of at least 4 members (excludes halogenated alkanes) is 5. The Morgan fingerprint density at radius 3 is 2.29 bits per heavy atom. The van der Waals surface area contributed by atoms with Crippen LogP contribution in [0.2, 0.25) is 0 Å². The molecule has 3 N–H and O–H groups in total. The number of aryl methyl sites for hydroxylation is 1. The van der Waals surface area contributed by atoms with Crippen molar-refractivity contribution in [3.63, 3.8) is 0 Å². The normalized spacial score (nSPS) is 15.9. The molecule has 138 valence electrons. The van der Waals surface area contributed by atoms with E-state index in [9.17, 15) is 23.8 Å². The SMILES string of the molecule is CCCCCCCCc1ccc[n+](CC(P(C)(=O)O)P(=O)(O)O)c1. The van der Waals surface area contributed by atoms with Crippen molar-refractivity contribution in [3.05, 3.63) is 30.1 Å². The fourth-order valence-corrected chi connectivity index (χ4v) is 5.80. The third-order valence-electron chi connectivity index (χ3n) is 4.05. The van der Waals surface area contributed by atoms with Crippen molar-refractivity contribution >= 4 is 15.0 Å². The molecule has 2 unspecified atom stereocenters. The first kappa shape index (κ1) is 21.5. The molecule has 8 heteroatoms. The molecule has 6 nitrogen and oxygen atoms in total. The average Bonchev–Trinajstić information content (AvgIpc) is 2.46. The van der Waals surface area contributed by atoms with E-state index in [0.29, 0.717) is 0 Å². The Kier molecular flexibility index (Phi) is 8.83. The Morgan fingerprint density at radius 1 is 1.08 bits per heavy atom. The van der Waals surface area contributed by atoms with Gasteiger partial charge in [0.15, 0.2) is 24.3 Å². The lowest BCUT2D eigenvalue weighted by Crippen LogP contribution is -2.39. The Labute approximate surface area is 144 Å². The van der Waals surface area contributed by atoms with Gasteiger partial charge in [-0.3, -0.25) is 9.13 Å². The van der Waals surface area contributed by atoms with E-state index >= 15 is 0 Å². The lowest BCUT2D eigenvalue weighted by molar-refractivity contribution is -0.694. The summed E-state index contributed by atoms with van der Waals surface area (Å²) >= 11 is 0. The molecule has 0 fully saturated rings. The van der Waals surface area contributed by atoms with Gasteiger partial charge < -0.3 is 14.7 Å². The predicted octanol–water partition coefficient (Wildman–Crippen LogP) is 3.28. The van der Waals surface area contributed by atoms with Gasteiger partial charge in [0, 0.05) is 18.3 Å². The van der Waals surface area contributed by atoms with Gasteiger partial charge >= 0.3 is 7.60 Å². The number of rotatable bonds is 11. The number of hydrogen-bond donors (Lipinski definition) is 3. The minimum Gasteiger partial charge on any atom is -0.344 e.